The first-order valence-electron chi connectivity index (χ1n) is 10.6. The highest BCUT2D eigenvalue weighted by Gasteiger charge is 2.17. The average Bonchev–Trinajstić information content (AvgIpc) is 3.25. The van der Waals surface area contributed by atoms with Gasteiger partial charge in [0.05, 0.1) is 17.4 Å². The van der Waals surface area contributed by atoms with Crippen LogP contribution in [0.25, 0.3) is 22.0 Å². The number of fused-ring (bicyclic) bond motifs is 1. The molecule has 0 unspecified atom stereocenters. The standard InChI is InChI=1S/C24H24N6O/c1-16-6-5-9-26-23(16)27-24(31)22-20-13-17(7-8-21(20)28-29-22)18-12-19(15-25-14-18)30-10-3-2-4-11-30/h5-9,12-15H,2-4,10-11H2,1H3,(H,28,29)(H,26,27,31). The highest BCUT2D eigenvalue weighted by molar-refractivity contribution is 6.11. The lowest BCUT2D eigenvalue weighted by atomic mass is 10.0. The molecule has 0 aliphatic carbocycles. The van der Waals surface area contributed by atoms with Crippen LogP contribution in [0, 0.1) is 6.92 Å². The summed E-state index contributed by atoms with van der Waals surface area (Å²) in [6.07, 6.45) is 9.19. The minimum absolute atomic E-state index is 0.287. The Morgan fingerprint density at radius 2 is 1.94 bits per heavy atom. The topological polar surface area (TPSA) is 86.8 Å². The van der Waals surface area contributed by atoms with Gasteiger partial charge in [0.15, 0.2) is 5.69 Å². The maximum atomic E-state index is 12.9. The number of pyridine rings is 2. The van der Waals surface area contributed by atoms with E-state index in [2.05, 4.69) is 36.4 Å². The zero-order valence-corrected chi connectivity index (χ0v) is 17.4. The molecule has 1 amide bonds. The number of anilines is 2. The van der Waals surface area contributed by atoms with Crippen LogP contribution in [0.2, 0.25) is 0 Å². The smallest absolute Gasteiger partial charge is 0.277 e. The van der Waals surface area contributed by atoms with Crippen molar-refractivity contribution < 1.29 is 4.79 Å². The maximum Gasteiger partial charge on any atom is 0.277 e. The van der Waals surface area contributed by atoms with Crippen molar-refractivity contribution in [3.63, 3.8) is 0 Å². The lowest BCUT2D eigenvalue weighted by molar-refractivity contribution is 0.102. The molecule has 0 saturated carbocycles. The third kappa shape index (κ3) is 3.86. The van der Waals surface area contributed by atoms with Gasteiger partial charge in [-0.3, -0.25) is 14.9 Å². The van der Waals surface area contributed by atoms with E-state index >= 15 is 0 Å². The molecule has 7 nitrogen and oxygen atoms in total. The van der Waals surface area contributed by atoms with Crippen LogP contribution < -0.4 is 10.2 Å². The number of carbonyl (C=O) groups excluding carboxylic acids is 1. The Labute approximate surface area is 180 Å². The number of carbonyl (C=O) groups is 1. The normalized spacial score (nSPS) is 14.0. The van der Waals surface area contributed by atoms with Crippen molar-refractivity contribution in [2.75, 3.05) is 23.3 Å². The van der Waals surface area contributed by atoms with Gasteiger partial charge in [-0.15, -0.1) is 0 Å². The van der Waals surface area contributed by atoms with E-state index in [1.165, 1.54) is 19.3 Å². The van der Waals surface area contributed by atoms with Crippen LogP contribution in [0.4, 0.5) is 11.5 Å². The summed E-state index contributed by atoms with van der Waals surface area (Å²) >= 11 is 0. The highest BCUT2D eigenvalue weighted by atomic mass is 16.2. The van der Waals surface area contributed by atoms with Crippen molar-refractivity contribution in [1.82, 2.24) is 20.2 Å². The molecule has 3 aromatic heterocycles. The van der Waals surface area contributed by atoms with Crippen molar-refractivity contribution in [2.45, 2.75) is 26.2 Å². The number of H-pyrrole nitrogens is 1. The van der Waals surface area contributed by atoms with Gasteiger partial charge in [0.25, 0.3) is 5.91 Å². The Morgan fingerprint density at radius 1 is 1.06 bits per heavy atom. The Hall–Kier alpha value is -3.74. The lowest BCUT2D eigenvalue weighted by Crippen LogP contribution is -2.29. The Bertz CT molecular complexity index is 1240. The summed E-state index contributed by atoms with van der Waals surface area (Å²) in [6, 6.07) is 11.9. The van der Waals surface area contributed by atoms with Gasteiger partial charge in [0.1, 0.15) is 5.82 Å². The van der Waals surface area contributed by atoms with Gasteiger partial charge >= 0.3 is 0 Å². The number of nitrogens with zero attached hydrogens (tertiary/aromatic N) is 4. The van der Waals surface area contributed by atoms with Gasteiger partial charge < -0.3 is 10.2 Å². The number of nitrogens with one attached hydrogen (secondary N) is 2. The zero-order valence-electron chi connectivity index (χ0n) is 17.4. The first-order chi connectivity index (χ1) is 15.2. The molecule has 7 heteroatoms. The fourth-order valence-electron chi connectivity index (χ4n) is 4.06. The Balaban J connectivity index is 1.47. The van der Waals surface area contributed by atoms with Crippen LogP contribution in [-0.4, -0.2) is 39.2 Å². The van der Waals surface area contributed by atoms with Gasteiger partial charge in [0, 0.05) is 36.4 Å². The largest absolute Gasteiger partial charge is 0.370 e. The van der Waals surface area contributed by atoms with Crippen LogP contribution >= 0.6 is 0 Å². The molecule has 0 bridgehead atoms. The number of hydrogen-bond donors (Lipinski definition) is 2. The molecule has 0 radical (unpaired) electrons. The molecule has 1 saturated heterocycles. The van der Waals surface area contributed by atoms with Gasteiger partial charge in [-0.25, -0.2) is 4.98 Å². The maximum absolute atomic E-state index is 12.9. The van der Waals surface area contributed by atoms with E-state index in [9.17, 15) is 4.79 Å². The van der Waals surface area contributed by atoms with E-state index < -0.39 is 0 Å². The van der Waals surface area contributed by atoms with Crippen LogP contribution in [0.3, 0.4) is 0 Å². The summed E-state index contributed by atoms with van der Waals surface area (Å²) in [5, 5.41) is 10.8. The van der Waals surface area contributed by atoms with Gasteiger partial charge in [-0.2, -0.15) is 5.10 Å². The van der Waals surface area contributed by atoms with Gasteiger partial charge in [-0.1, -0.05) is 12.1 Å². The van der Waals surface area contributed by atoms with E-state index in [1.54, 1.807) is 6.20 Å². The van der Waals surface area contributed by atoms with E-state index in [4.69, 9.17) is 0 Å². The minimum atomic E-state index is -0.287. The van der Waals surface area contributed by atoms with Crippen LogP contribution in [0.1, 0.15) is 35.3 Å². The second-order valence-electron chi connectivity index (χ2n) is 7.94. The van der Waals surface area contributed by atoms with Gasteiger partial charge in [0.2, 0.25) is 0 Å². The molecule has 1 fully saturated rings. The van der Waals surface area contributed by atoms with Crippen molar-refractivity contribution >= 4 is 28.3 Å². The second kappa shape index (κ2) is 8.18. The lowest BCUT2D eigenvalue weighted by Gasteiger charge is -2.28. The number of piperidine rings is 1. The molecule has 4 heterocycles. The highest BCUT2D eigenvalue weighted by Crippen LogP contribution is 2.29. The summed E-state index contributed by atoms with van der Waals surface area (Å²) in [4.78, 5) is 24.0. The second-order valence-corrected chi connectivity index (χ2v) is 7.94. The van der Waals surface area contributed by atoms with Crippen molar-refractivity contribution in [1.29, 1.82) is 0 Å². The number of aromatic amines is 1. The van der Waals surface area contributed by atoms with E-state index in [0.29, 0.717) is 11.5 Å². The summed E-state index contributed by atoms with van der Waals surface area (Å²) in [6.45, 7) is 4.05. The average molecular weight is 412 g/mol. The monoisotopic (exact) mass is 412 g/mol. The zero-order chi connectivity index (χ0) is 21.2. The van der Waals surface area contributed by atoms with E-state index in [0.717, 1.165) is 46.4 Å². The number of aromatic nitrogens is 4. The third-order valence-electron chi connectivity index (χ3n) is 5.80. The molecule has 1 aliphatic heterocycles. The predicted octanol–water partition coefficient (Wildman–Crippen LogP) is 4.57. The molecule has 2 N–H and O–H groups in total. The van der Waals surface area contributed by atoms with Crippen LogP contribution in [0.5, 0.6) is 0 Å². The molecule has 0 spiro atoms. The summed E-state index contributed by atoms with van der Waals surface area (Å²) in [7, 11) is 0. The summed E-state index contributed by atoms with van der Waals surface area (Å²) < 4.78 is 0. The SMILES string of the molecule is Cc1cccnc1NC(=O)c1n[nH]c2ccc(-c3cncc(N4CCCCC4)c3)cc12. The molecule has 1 aromatic carbocycles. The number of benzene rings is 1. The molecule has 156 valence electrons. The fourth-order valence-corrected chi connectivity index (χ4v) is 4.06. The molecule has 0 atom stereocenters. The number of amides is 1. The number of rotatable bonds is 4. The summed E-state index contributed by atoms with van der Waals surface area (Å²) in [5.41, 5.74) is 5.24. The van der Waals surface area contributed by atoms with Crippen molar-refractivity contribution in [2.24, 2.45) is 0 Å². The van der Waals surface area contributed by atoms with E-state index in [1.807, 2.05) is 49.6 Å². The summed E-state index contributed by atoms with van der Waals surface area (Å²) in [5.74, 6) is 0.253. The fraction of sp³-hybridized carbons (Fsp3) is 0.250. The quantitative estimate of drug-likeness (QED) is 0.513. The van der Waals surface area contributed by atoms with E-state index in [-0.39, 0.29) is 5.91 Å². The minimum Gasteiger partial charge on any atom is -0.370 e. The molecule has 4 aromatic rings. The molecule has 5 rings (SSSR count). The van der Waals surface area contributed by atoms with Crippen molar-refractivity contribution in [3.05, 3.63) is 66.2 Å². The third-order valence-corrected chi connectivity index (χ3v) is 5.80. The number of hydrogen-bond acceptors (Lipinski definition) is 5. The molecule has 1 aliphatic rings. The molecular weight excluding hydrogens is 388 g/mol. The van der Waals surface area contributed by atoms with Crippen molar-refractivity contribution in [3.8, 4) is 11.1 Å². The number of aryl methyl sites for hydroxylation is 1. The molecule has 31 heavy (non-hydrogen) atoms. The van der Waals surface area contributed by atoms with Crippen LogP contribution in [-0.2, 0) is 0 Å². The Morgan fingerprint density at radius 3 is 2.77 bits per heavy atom. The Kier molecular flexibility index (Phi) is 5.08. The first-order valence-corrected chi connectivity index (χ1v) is 10.6. The molecular formula is C24H24N6O. The first kappa shape index (κ1) is 19.2. The van der Waals surface area contributed by atoms with Gasteiger partial charge in [-0.05, 0) is 61.6 Å². The predicted molar refractivity (Wildman–Crippen MR) is 122 cm³/mol. The van der Waals surface area contributed by atoms with Crippen LogP contribution in [0.15, 0.2) is 55.0 Å².